The van der Waals surface area contributed by atoms with Crippen molar-refractivity contribution in [3.8, 4) is 11.8 Å². The van der Waals surface area contributed by atoms with E-state index in [2.05, 4.69) is 5.32 Å². The number of hydrogen-bond acceptors (Lipinski definition) is 3. The van der Waals surface area contributed by atoms with Crippen LogP contribution in [0.1, 0.15) is 16.7 Å². The van der Waals surface area contributed by atoms with Gasteiger partial charge in [-0.15, -0.1) is 0 Å². The predicted octanol–water partition coefficient (Wildman–Crippen LogP) is 2.56. The van der Waals surface area contributed by atoms with Crippen LogP contribution in [0.25, 0.3) is 0 Å². The molecule has 0 saturated carbocycles. The van der Waals surface area contributed by atoms with Crippen LogP contribution in [0, 0.1) is 18.3 Å². The molecule has 0 atom stereocenters. The molecule has 1 N–H and O–H groups in total. The van der Waals surface area contributed by atoms with Crippen molar-refractivity contribution < 1.29 is 9.53 Å². The number of aryl methyl sites for hydroxylation is 1. The molecule has 2 aromatic carbocycles. The minimum absolute atomic E-state index is 0.0439. The van der Waals surface area contributed by atoms with Crippen molar-refractivity contribution in [3.05, 3.63) is 65.2 Å². The normalized spacial score (nSPS) is 9.71. The lowest BCUT2D eigenvalue weighted by molar-refractivity contribution is -0.123. The maximum atomic E-state index is 11.7. The number of hydrogen-bond donors (Lipinski definition) is 1. The number of rotatable bonds is 5. The Morgan fingerprint density at radius 3 is 2.57 bits per heavy atom. The van der Waals surface area contributed by atoms with Crippen molar-refractivity contribution in [1.29, 1.82) is 5.26 Å². The first-order chi connectivity index (χ1) is 10.2. The van der Waals surface area contributed by atoms with Gasteiger partial charge in [-0.1, -0.05) is 24.3 Å². The first kappa shape index (κ1) is 14.6. The second kappa shape index (κ2) is 7.11. The second-order valence-corrected chi connectivity index (χ2v) is 4.63. The first-order valence-corrected chi connectivity index (χ1v) is 6.63. The molecule has 2 aromatic rings. The van der Waals surface area contributed by atoms with E-state index in [0.29, 0.717) is 17.9 Å². The number of carbonyl (C=O) groups excluding carboxylic acids is 1. The van der Waals surface area contributed by atoms with Crippen LogP contribution >= 0.6 is 0 Å². The SMILES string of the molecule is Cc1ccccc1CNC(=O)COc1ccc(C#N)cc1. The molecule has 0 unspecified atom stereocenters. The summed E-state index contributed by atoms with van der Waals surface area (Å²) in [5.41, 5.74) is 2.79. The molecule has 0 aliphatic rings. The highest BCUT2D eigenvalue weighted by molar-refractivity contribution is 5.77. The Morgan fingerprint density at radius 2 is 1.90 bits per heavy atom. The number of benzene rings is 2. The van der Waals surface area contributed by atoms with Crippen LogP contribution in [0.2, 0.25) is 0 Å². The molecule has 0 fully saturated rings. The summed E-state index contributed by atoms with van der Waals surface area (Å²) in [7, 11) is 0. The van der Waals surface area contributed by atoms with E-state index in [1.165, 1.54) is 0 Å². The Hall–Kier alpha value is -2.80. The largest absolute Gasteiger partial charge is 0.484 e. The highest BCUT2D eigenvalue weighted by atomic mass is 16.5. The van der Waals surface area contributed by atoms with E-state index in [1.54, 1.807) is 24.3 Å². The van der Waals surface area contributed by atoms with E-state index in [0.717, 1.165) is 11.1 Å². The Kier molecular flexibility index (Phi) is 4.94. The Morgan fingerprint density at radius 1 is 1.19 bits per heavy atom. The van der Waals surface area contributed by atoms with Gasteiger partial charge in [-0.3, -0.25) is 4.79 Å². The zero-order valence-corrected chi connectivity index (χ0v) is 11.8. The fourth-order valence-electron chi connectivity index (χ4n) is 1.83. The number of ether oxygens (including phenoxy) is 1. The molecule has 0 radical (unpaired) electrons. The summed E-state index contributed by atoms with van der Waals surface area (Å²) < 4.78 is 5.36. The second-order valence-electron chi connectivity index (χ2n) is 4.63. The van der Waals surface area contributed by atoms with E-state index >= 15 is 0 Å². The molecule has 4 heteroatoms. The van der Waals surface area contributed by atoms with Gasteiger partial charge in [0.2, 0.25) is 0 Å². The van der Waals surface area contributed by atoms with Gasteiger partial charge in [-0.25, -0.2) is 0 Å². The molecule has 0 aliphatic heterocycles. The van der Waals surface area contributed by atoms with Crippen molar-refractivity contribution in [2.24, 2.45) is 0 Å². The highest BCUT2D eigenvalue weighted by Crippen LogP contribution is 2.11. The van der Waals surface area contributed by atoms with Gasteiger partial charge in [0.1, 0.15) is 5.75 Å². The van der Waals surface area contributed by atoms with Gasteiger partial charge >= 0.3 is 0 Å². The van der Waals surface area contributed by atoms with Crippen LogP contribution in [-0.2, 0) is 11.3 Å². The van der Waals surface area contributed by atoms with E-state index in [9.17, 15) is 4.79 Å². The quantitative estimate of drug-likeness (QED) is 0.915. The summed E-state index contributed by atoms with van der Waals surface area (Å²) >= 11 is 0. The van der Waals surface area contributed by atoms with Crippen molar-refractivity contribution in [3.63, 3.8) is 0 Å². The van der Waals surface area contributed by atoms with E-state index in [1.807, 2.05) is 37.3 Å². The highest BCUT2D eigenvalue weighted by Gasteiger charge is 2.04. The lowest BCUT2D eigenvalue weighted by Crippen LogP contribution is -2.28. The summed E-state index contributed by atoms with van der Waals surface area (Å²) in [5, 5.41) is 11.5. The Bertz CT molecular complexity index is 657. The molecule has 4 nitrogen and oxygen atoms in total. The lowest BCUT2D eigenvalue weighted by Gasteiger charge is -2.09. The van der Waals surface area contributed by atoms with Gasteiger partial charge in [0.15, 0.2) is 6.61 Å². The van der Waals surface area contributed by atoms with Crippen molar-refractivity contribution in [2.75, 3.05) is 6.61 Å². The fraction of sp³-hybridized carbons (Fsp3) is 0.176. The summed E-state index contributed by atoms with van der Waals surface area (Å²) in [6, 6.07) is 16.6. The van der Waals surface area contributed by atoms with Crippen LogP contribution in [0.3, 0.4) is 0 Å². The number of carbonyl (C=O) groups is 1. The minimum atomic E-state index is -0.178. The van der Waals surface area contributed by atoms with E-state index in [-0.39, 0.29) is 12.5 Å². The Labute approximate surface area is 124 Å². The minimum Gasteiger partial charge on any atom is -0.484 e. The van der Waals surface area contributed by atoms with Gasteiger partial charge in [-0.05, 0) is 42.3 Å². The summed E-state index contributed by atoms with van der Waals surface area (Å²) in [6.45, 7) is 2.45. The number of amides is 1. The van der Waals surface area contributed by atoms with Gasteiger partial charge in [0.25, 0.3) is 5.91 Å². The standard InChI is InChI=1S/C17H16N2O2/c1-13-4-2-3-5-15(13)11-19-17(20)12-21-16-8-6-14(10-18)7-9-16/h2-9H,11-12H2,1H3,(H,19,20). The number of nitrogens with zero attached hydrogens (tertiary/aromatic N) is 1. The molecular formula is C17H16N2O2. The molecule has 0 aliphatic carbocycles. The molecule has 0 heterocycles. The van der Waals surface area contributed by atoms with Crippen LogP contribution in [0.15, 0.2) is 48.5 Å². The van der Waals surface area contributed by atoms with Crippen LogP contribution in [0.5, 0.6) is 5.75 Å². The zero-order valence-electron chi connectivity index (χ0n) is 11.8. The maximum absolute atomic E-state index is 11.7. The van der Waals surface area contributed by atoms with Crippen LogP contribution in [0.4, 0.5) is 0 Å². The predicted molar refractivity (Wildman–Crippen MR) is 79.7 cm³/mol. The summed E-state index contributed by atoms with van der Waals surface area (Å²) in [5.74, 6) is 0.391. The molecule has 106 valence electrons. The molecule has 1 amide bonds. The average molecular weight is 280 g/mol. The third kappa shape index (κ3) is 4.36. The molecule has 0 bridgehead atoms. The smallest absolute Gasteiger partial charge is 0.258 e. The van der Waals surface area contributed by atoms with Crippen molar-refractivity contribution in [2.45, 2.75) is 13.5 Å². The molecule has 2 rings (SSSR count). The first-order valence-electron chi connectivity index (χ1n) is 6.63. The van der Waals surface area contributed by atoms with Gasteiger partial charge in [0, 0.05) is 6.54 Å². The third-order valence-electron chi connectivity index (χ3n) is 3.09. The average Bonchev–Trinajstić information content (AvgIpc) is 2.52. The van der Waals surface area contributed by atoms with E-state index in [4.69, 9.17) is 10.00 Å². The maximum Gasteiger partial charge on any atom is 0.258 e. The molecule has 0 aromatic heterocycles. The number of nitriles is 1. The summed E-state index contributed by atoms with van der Waals surface area (Å²) in [4.78, 5) is 11.7. The molecule has 0 saturated heterocycles. The molecular weight excluding hydrogens is 264 g/mol. The monoisotopic (exact) mass is 280 g/mol. The Balaban J connectivity index is 1.79. The lowest BCUT2D eigenvalue weighted by atomic mass is 10.1. The zero-order chi connectivity index (χ0) is 15.1. The summed E-state index contributed by atoms with van der Waals surface area (Å²) in [6.07, 6.45) is 0. The van der Waals surface area contributed by atoms with E-state index < -0.39 is 0 Å². The van der Waals surface area contributed by atoms with Gasteiger partial charge < -0.3 is 10.1 Å². The third-order valence-corrected chi connectivity index (χ3v) is 3.09. The fourth-order valence-corrected chi connectivity index (χ4v) is 1.83. The van der Waals surface area contributed by atoms with Crippen LogP contribution in [-0.4, -0.2) is 12.5 Å². The molecule has 0 spiro atoms. The van der Waals surface area contributed by atoms with Crippen molar-refractivity contribution in [1.82, 2.24) is 5.32 Å². The van der Waals surface area contributed by atoms with Crippen molar-refractivity contribution >= 4 is 5.91 Å². The number of nitrogens with one attached hydrogen (secondary N) is 1. The van der Waals surface area contributed by atoms with Gasteiger partial charge in [0.05, 0.1) is 11.6 Å². The van der Waals surface area contributed by atoms with Gasteiger partial charge in [-0.2, -0.15) is 5.26 Å². The topological polar surface area (TPSA) is 62.1 Å². The molecule has 21 heavy (non-hydrogen) atoms. The van der Waals surface area contributed by atoms with Crippen LogP contribution < -0.4 is 10.1 Å².